The number of nitrogens with zero attached hydrogens (tertiary/aromatic N) is 1. The van der Waals surface area contributed by atoms with Gasteiger partial charge < -0.3 is 10.0 Å². The van der Waals surface area contributed by atoms with Crippen LogP contribution in [0.2, 0.25) is 5.02 Å². The summed E-state index contributed by atoms with van der Waals surface area (Å²) < 4.78 is 0. The molecule has 1 aliphatic rings. The first-order valence-electron chi connectivity index (χ1n) is 6.26. The molecular formula is C14H16ClNO3. The molecule has 0 unspecified atom stereocenters. The second-order valence-electron chi connectivity index (χ2n) is 4.85. The van der Waals surface area contributed by atoms with Crippen molar-refractivity contribution >= 4 is 23.3 Å². The fourth-order valence-electron chi connectivity index (χ4n) is 2.32. The number of hydrogen-bond donors (Lipinski definition) is 1. The molecule has 1 saturated carbocycles. The van der Waals surface area contributed by atoms with Crippen LogP contribution in [0.15, 0.2) is 18.2 Å². The molecule has 0 radical (unpaired) electrons. The Morgan fingerprint density at radius 1 is 1.37 bits per heavy atom. The van der Waals surface area contributed by atoms with Gasteiger partial charge in [0, 0.05) is 31.5 Å². The lowest BCUT2D eigenvalue weighted by atomic mass is 9.93. The lowest BCUT2D eigenvalue weighted by Crippen LogP contribution is -2.39. The highest BCUT2D eigenvalue weighted by Gasteiger charge is 2.26. The molecule has 1 fully saturated rings. The minimum atomic E-state index is -0.138. The van der Waals surface area contributed by atoms with Gasteiger partial charge in [0.15, 0.2) is 0 Å². The van der Waals surface area contributed by atoms with E-state index in [-0.39, 0.29) is 28.5 Å². The molecule has 1 aliphatic carbocycles. The van der Waals surface area contributed by atoms with Crippen molar-refractivity contribution in [3.63, 3.8) is 0 Å². The van der Waals surface area contributed by atoms with Crippen molar-refractivity contribution < 1.29 is 14.7 Å². The summed E-state index contributed by atoms with van der Waals surface area (Å²) in [6.07, 6.45) is 2.51. The van der Waals surface area contributed by atoms with Gasteiger partial charge in [0.2, 0.25) is 0 Å². The average molecular weight is 282 g/mol. The second kappa shape index (κ2) is 5.61. The molecule has 5 heteroatoms. The zero-order valence-electron chi connectivity index (χ0n) is 10.7. The zero-order chi connectivity index (χ0) is 14.0. The maximum absolute atomic E-state index is 12.3. The number of Topliss-reactive ketones (excluding diaryl/α,β-unsaturated/α-hetero) is 1. The third-order valence-corrected chi connectivity index (χ3v) is 3.88. The van der Waals surface area contributed by atoms with E-state index in [1.807, 2.05) is 0 Å². The van der Waals surface area contributed by atoms with Crippen LogP contribution in [0.25, 0.3) is 0 Å². The van der Waals surface area contributed by atoms with Crippen molar-refractivity contribution in [1.29, 1.82) is 0 Å². The number of halogens is 1. The van der Waals surface area contributed by atoms with Gasteiger partial charge in [-0.15, -0.1) is 0 Å². The second-order valence-corrected chi connectivity index (χ2v) is 5.26. The monoisotopic (exact) mass is 281 g/mol. The number of benzene rings is 1. The van der Waals surface area contributed by atoms with Crippen molar-refractivity contribution in [3.8, 4) is 5.75 Å². The predicted molar refractivity (Wildman–Crippen MR) is 72.5 cm³/mol. The van der Waals surface area contributed by atoms with Gasteiger partial charge in [-0.1, -0.05) is 11.6 Å². The van der Waals surface area contributed by atoms with Gasteiger partial charge in [-0.2, -0.15) is 0 Å². The van der Waals surface area contributed by atoms with Gasteiger partial charge in [0.1, 0.15) is 11.5 Å². The van der Waals surface area contributed by atoms with Crippen LogP contribution in [0.3, 0.4) is 0 Å². The van der Waals surface area contributed by atoms with Gasteiger partial charge in [-0.05, 0) is 31.0 Å². The molecule has 0 heterocycles. The van der Waals surface area contributed by atoms with Gasteiger partial charge >= 0.3 is 0 Å². The van der Waals surface area contributed by atoms with Crippen LogP contribution >= 0.6 is 11.6 Å². The zero-order valence-corrected chi connectivity index (χ0v) is 11.5. The first-order valence-corrected chi connectivity index (χ1v) is 6.64. The Hall–Kier alpha value is -1.55. The molecule has 2 rings (SSSR count). The highest BCUT2D eigenvalue weighted by atomic mass is 35.5. The predicted octanol–water partition coefficient (Wildman–Crippen LogP) is 2.63. The fourth-order valence-corrected chi connectivity index (χ4v) is 2.50. The largest absolute Gasteiger partial charge is 0.506 e. The van der Waals surface area contributed by atoms with Crippen LogP contribution in [0, 0.1) is 0 Å². The van der Waals surface area contributed by atoms with E-state index >= 15 is 0 Å². The van der Waals surface area contributed by atoms with E-state index < -0.39 is 0 Å². The summed E-state index contributed by atoms with van der Waals surface area (Å²) in [5.41, 5.74) is 0.446. The molecular weight excluding hydrogens is 266 g/mol. The third-order valence-electron chi connectivity index (χ3n) is 3.58. The van der Waals surface area contributed by atoms with E-state index in [1.54, 1.807) is 18.0 Å². The number of carbonyl (C=O) groups is 2. The van der Waals surface area contributed by atoms with Gasteiger partial charge in [-0.3, -0.25) is 9.59 Å². The van der Waals surface area contributed by atoms with Gasteiger partial charge in [0.05, 0.1) is 5.02 Å². The van der Waals surface area contributed by atoms with Crippen molar-refractivity contribution in [2.24, 2.45) is 0 Å². The van der Waals surface area contributed by atoms with Crippen LogP contribution in [0.1, 0.15) is 36.0 Å². The van der Waals surface area contributed by atoms with Crippen LogP contribution in [-0.2, 0) is 4.79 Å². The molecule has 0 saturated heterocycles. The normalized spacial score (nSPS) is 16.4. The third kappa shape index (κ3) is 3.07. The molecule has 0 bridgehead atoms. The Balaban J connectivity index is 2.10. The lowest BCUT2D eigenvalue weighted by Gasteiger charge is -2.30. The number of ketones is 1. The Bertz CT molecular complexity index is 505. The number of rotatable bonds is 2. The van der Waals surface area contributed by atoms with E-state index in [2.05, 4.69) is 0 Å². The van der Waals surface area contributed by atoms with Crippen LogP contribution in [0.4, 0.5) is 0 Å². The molecule has 0 aliphatic heterocycles. The Morgan fingerprint density at radius 2 is 2.00 bits per heavy atom. The highest BCUT2D eigenvalue weighted by Crippen LogP contribution is 2.26. The molecule has 1 amide bonds. The van der Waals surface area contributed by atoms with Crippen LogP contribution < -0.4 is 0 Å². The molecule has 0 aromatic heterocycles. The smallest absolute Gasteiger partial charge is 0.253 e. The van der Waals surface area contributed by atoms with E-state index in [9.17, 15) is 14.7 Å². The number of aromatic hydroxyl groups is 1. The van der Waals surface area contributed by atoms with E-state index in [0.717, 1.165) is 0 Å². The molecule has 4 nitrogen and oxygen atoms in total. The highest BCUT2D eigenvalue weighted by molar-refractivity contribution is 6.32. The van der Waals surface area contributed by atoms with E-state index in [0.29, 0.717) is 31.2 Å². The van der Waals surface area contributed by atoms with Crippen molar-refractivity contribution in [1.82, 2.24) is 4.90 Å². The van der Waals surface area contributed by atoms with E-state index in [1.165, 1.54) is 12.1 Å². The summed E-state index contributed by atoms with van der Waals surface area (Å²) in [7, 11) is 1.74. The molecule has 0 atom stereocenters. The van der Waals surface area contributed by atoms with Crippen LogP contribution in [0.5, 0.6) is 5.75 Å². The summed E-state index contributed by atoms with van der Waals surface area (Å²) >= 11 is 5.80. The molecule has 1 N–H and O–H groups in total. The number of phenols is 1. The molecule has 1 aromatic rings. The molecule has 0 spiro atoms. The molecule has 102 valence electrons. The minimum absolute atomic E-state index is 0.0378. The van der Waals surface area contributed by atoms with Crippen molar-refractivity contribution in [3.05, 3.63) is 28.8 Å². The maximum Gasteiger partial charge on any atom is 0.253 e. The standard InChI is InChI=1S/C14H16ClNO3/c1-16(10-3-5-11(17)6-4-10)14(19)9-2-7-13(18)12(15)8-9/h2,7-8,10,18H,3-6H2,1H3. The number of amides is 1. The topological polar surface area (TPSA) is 57.6 Å². The summed E-state index contributed by atoms with van der Waals surface area (Å²) in [4.78, 5) is 25.2. The minimum Gasteiger partial charge on any atom is -0.506 e. The van der Waals surface area contributed by atoms with Gasteiger partial charge in [-0.25, -0.2) is 0 Å². The molecule has 1 aromatic carbocycles. The van der Waals surface area contributed by atoms with Gasteiger partial charge in [0.25, 0.3) is 5.91 Å². The Morgan fingerprint density at radius 3 is 2.58 bits per heavy atom. The molecule has 19 heavy (non-hydrogen) atoms. The lowest BCUT2D eigenvalue weighted by molar-refractivity contribution is -0.121. The van der Waals surface area contributed by atoms with Crippen molar-refractivity contribution in [2.75, 3.05) is 7.05 Å². The fraction of sp³-hybridized carbons (Fsp3) is 0.429. The first-order chi connectivity index (χ1) is 8.99. The number of carbonyl (C=O) groups excluding carboxylic acids is 2. The SMILES string of the molecule is CN(C(=O)c1ccc(O)c(Cl)c1)C1CCC(=O)CC1. The van der Waals surface area contributed by atoms with Crippen molar-refractivity contribution in [2.45, 2.75) is 31.7 Å². The average Bonchev–Trinajstić information content (AvgIpc) is 2.41. The van der Waals surface area contributed by atoms with Crippen LogP contribution in [-0.4, -0.2) is 34.8 Å². The maximum atomic E-state index is 12.3. The summed E-state index contributed by atoms with van der Waals surface area (Å²) in [5, 5.41) is 9.51. The number of hydrogen-bond acceptors (Lipinski definition) is 3. The quantitative estimate of drug-likeness (QED) is 0.906. The number of phenolic OH excluding ortho intramolecular Hbond substituents is 1. The first kappa shape index (κ1) is 13.9. The summed E-state index contributed by atoms with van der Waals surface area (Å²) in [5.74, 6) is 0.0927. The summed E-state index contributed by atoms with van der Waals surface area (Å²) in [6.45, 7) is 0. The summed E-state index contributed by atoms with van der Waals surface area (Å²) in [6, 6.07) is 4.52. The Labute approximate surface area is 117 Å². The Kier molecular flexibility index (Phi) is 4.10. The van der Waals surface area contributed by atoms with E-state index in [4.69, 9.17) is 11.6 Å².